The number of nitrogen functional groups attached to an aromatic ring is 3. The molecule has 0 fully saturated rings. The van der Waals surface area contributed by atoms with Crippen LogP contribution in [0.1, 0.15) is 5.82 Å². The van der Waals surface area contributed by atoms with Gasteiger partial charge in [0.25, 0.3) is 0 Å². The molecule has 6 N–H and O–H groups in total. The Kier molecular flexibility index (Phi) is 3.47. The Morgan fingerprint density at radius 1 is 1.06 bits per heavy atom. The van der Waals surface area contributed by atoms with E-state index >= 15 is 0 Å². The maximum absolute atomic E-state index is 13.1. The molecule has 0 unspecified atom stereocenters. The maximum atomic E-state index is 13.1. The van der Waals surface area contributed by atoms with Crippen LogP contribution in [0.3, 0.4) is 0 Å². The van der Waals surface area contributed by atoms with Crippen LogP contribution >= 0.6 is 11.8 Å². The Bertz CT molecular complexity index is 556. The highest BCUT2D eigenvalue weighted by Crippen LogP contribution is 2.28. The molecule has 0 aliphatic carbocycles. The van der Waals surface area contributed by atoms with Crippen LogP contribution in [-0.4, -0.2) is 15.0 Å². The van der Waals surface area contributed by atoms with Crippen molar-refractivity contribution < 1.29 is 4.39 Å². The molecular formula is C10H11FN6S. The van der Waals surface area contributed by atoms with E-state index in [9.17, 15) is 4.39 Å². The molecule has 0 saturated carbocycles. The molecule has 1 aromatic heterocycles. The summed E-state index contributed by atoms with van der Waals surface area (Å²) in [7, 11) is 0. The first kappa shape index (κ1) is 12.4. The average Bonchev–Trinajstić information content (AvgIpc) is 2.29. The van der Waals surface area contributed by atoms with Gasteiger partial charge in [-0.3, -0.25) is 0 Å². The monoisotopic (exact) mass is 266 g/mol. The molecule has 2 aromatic rings. The third-order valence-electron chi connectivity index (χ3n) is 2.05. The number of benzene rings is 1. The van der Waals surface area contributed by atoms with Gasteiger partial charge in [-0.05, 0) is 18.2 Å². The summed E-state index contributed by atoms with van der Waals surface area (Å²) in [6.07, 6.45) is 0. The predicted octanol–water partition coefficient (Wildman–Crippen LogP) is 1.05. The highest BCUT2D eigenvalue weighted by molar-refractivity contribution is 7.98. The van der Waals surface area contributed by atoms with Gasteiger partial charge in [0.1, 0.15) is 11.6 Å². The van der Waals surface area contributed by atoms with Crippen LogP contribution in [-0.2, 0) is 5.75 Å². The van der Waals surface area contributed by atoms with Gasteiger partial charge in [0.15, 0.2) is 0 Å². The summed E-state index contributed by atoms with van der Waals surface area (Å²) in [6, 6.07) is 4.17. The van der Waals surface area contributed by atoms with Crippen LogP contribution < -0.4 is 17.2 Å². The number of halogens is 1. The number of hydrogen-bond acceptors (Lipinski definition) is 7. The van der Waals surface area contributed by atoms with E-state index in [-0.39, 0.29) is 17.7 Å². The Labute approximate surface area is 107 Å². The number of anilines is 3. The van der Waals surface area contributed by atoms with E-state index < -0.39 is 0 Å². The van der Waals surface area contributed by atoms with E-state index in [1.807, 2.05) is 0 Å². The van der Waals surface area contributed by atoms with Crippen LogP contribution in [0.5, 0.6) is 0 Å². The van der Waals surface area contributed by atoms with Gasteiger partial charge in [0.05, 0.1) is 5.75 Å². The largest absolute Gasteiger partial charge is 0.398 e. The van der Waals surface area contributed by atoms with Crippen LogP contribution in [0.2, 0.25) is 0 Å². The van der Waals surface area contributed by atoms with Crippen molar-refractivity contribution in [1.29, 1.82) is 0 Å². The van der Waals surface area contributed by atoms with Gasteiger partial charge in [0, 0.05) is 10.6 Å². The number of nitrogens with two attached hydrogens (primary N) is 3. The lowest BCUT2D eigenvalue weighted by Gasteiger charge is -2.05. The molecule has 94 valence electrons. The molecule has 0 radical (unpaired) electrons. The van der Waals surface area contributed by atoms with Crippen molar-refractivity contribution in [3.63, 3.8) is 0 Å². The van der Waals surface area contributed by atoms with Crippen LogP contribution in [0, 0.1) is 5.82 Å². The van der Waals surface area contributed by atoms with E-state index in [2.05, 4.69) is 15.0 Å². The summed E-state index contributed by atoms with van der Waals surface area (Å²) < 4.78 is 13.1. The summed E-state index contributed by atoms with van der Waals surface area (Å²) in [6.45, 7) is 0. The standard InChI is InChI=1S/C10H11FN6S/c11-5-1-2-6(12)7(3-5)18-4-8-15-9(13)17-10(14)16-8/h1-3H,4,12H2,(H4,13,14,15,16,17). The highest BCUT2D eigenvalue weighted by atomic mass is 32.2. The second-order valence-electron chi connectivity index (χ2n) is 3.44. The Balaban J connectivity index is 2.13. The normalized spacial score (nSPS) is 10.5. The second kappa shape index (κ2) is 5.05. The molecule has 8 heteroatoms. The molecular weight excluding hydrogens is 255 g/mol. The first-order valence-electron chi connectivity index (χ1n) is 4.98. The minimum Gasteiger partial charge on any atom is -0.398 e. The fraction of sp³-hybridized carbons (Fsp3) is 0.100. The van der Waals surface area contributed by atoms with Crippen LogP contribution in [0.4, 0.5) is 22.0 Å². The Hall–Kier alpha value is -2.09. The number of hydrogen-bond donors (Lipinski definition) is 3. The third-order valence-corrected chi connectivity index (χ3v) is 3.12. The van der Waals surface area contributed by atoms with Crippen molar-refractivity contribution in [2.75, 3.05) is 17.2 Å². The van der Waals surface area contributed by atoms with Gasteiger partial charge in [-0.1, -0.05) is 0 Å². The van der Waals surface area contributed by atoms with Crippen molar-refractivity contribution in [2.24, 2.45) is 0 Å². The lowest BCUT2D eigenvalue weighted by molar-refractivity contribution is 0.624. The fourth-order valence-corrected chi connectivity index (χ4v) is 2.14. The molecule has 0 spiro atoms. The van der Waals surface area contributed by atoms with Crippen molar-refractivity contribution in [2.45, 2.75) is 10.6 Å². The Morgan fingerprint density at radius 3 is 2.39 bits per heavy atom. The molecule has 0 aliphatic rings. The molecule has 6 nitrogen and oxygen atoms in total. The molecule has 1 aromatic carbocycles. The van der Waals surface area contributed by atoms with Crippen LogP contribution in [0.25, 0.3) is 0 Å². The highest BCUT2D eigenvalue weighted by Gasteiger charge is 2.06. The first-order chi connectivity index (χ1) is 8.54. The summed E-state index contributed by atoms with van der Waals surface area (Å²) >= 11 is 1.30. The molecule has 2 rings (SSSR count). The summed E-state index contributed by atoms with van der Waals surface area (Å²) in [4.78, 5) is 12.1. The maximum Gasteiger partial charge on any atom is 0.225 e. The van der Waals surface area contributed by atoms with Gasteiger partial charge in [-0.25, -0.2) is 4.39 Å². The average molecular weight is 266 g/mol. The van der Waals surface area contributed by atoms with Crippen molar-refractivity contribution >= 4 is 29.3 Å². The minimum absolute atomic E-state index is 0.0605. The fourth-order valence-electron chi connectivity index (χ4n) is 1.30. The smallest absolute Gasteiger partial charge is 0.225 e. The van der Waals surface area contributed by atoms with Crippen molar-refractivity contribution in [1.82, 2.24) is 15.0 Å². The van der Waals surface area contributed by atoms with Gasteiger partial charge in [-0.2, -0.15) is 15.0 Å². The van der Waals surface area contributed by atoms with Gasteiger partial charge < -0.3 is 17.2 Å². The molecule has 0 amide bonds. The van der Waals surface area contributed by atoms with E-state index in [1.165, 1.54) is 30.0 Å². The van der Waals surface area contributed by atoms with Crippen LogP contribution in [0.15, 0.2) is 23.1 Å². The lowest BCUT2D eigenvalue weighted by Crippen LogP contribution is -2.06. The molecule has 0 bridgehead atoms. The third kappa shape index (κ3) is 2.98. The number of aromatic nitrogens is 3. The molecule has 1 heterocycles. The number of thioether (sulfide) groups is 1. The quantitative estimate of drug-likeness (QED) is 0.561. The zero-order valence-corrected chi connectivity index (χ0v) is 10.1. The van der Waals surface area contributed by atoms with E-state index in [0.717, 1.165) is 0 Å². The lowest BCUT2D eigenvalue weighted by atomic mass is 10.3. The van der Waals surface area contributed by atoms with Gasteiger partial charge in [0.2, 0.25) is 11.9 Å². The van der Waals surface area contributed by atoms with E-state index in [1.54, 1.807) is 0 Å². The van der Waals surface area contributed by atoms with Crippen molar-refractivity contribution in [3.8, 4) is 0 Å². The van der Waals surface area contributed by atoms with Crippen molar-refractivity contribution in [3.05, 3.63) is 29.8 Å². The molecule has 0 aliphatic heterocycles. The van der Waals surface area contributed by atoms with Gasteiger partial charge >= 0.3 is 0 Å². The van der Waals surface area contributed by atoms with E-state index in [4.69, 9.17) is 17.2 Å². The SMILES string of the molecule is Nc1nc(N)nc(CSc2cc(F)ccc2N)n1. The summed E-state index contributed by atoms with van der Waals surface area (Å²) in [5, 5.41) is 0. The summed E-state index contributed by atoms with van der Waals surface area (Å²) in [5.74, 6) is 0.579. The summed E-state index contributed by atoms with van der Waals surface area (Å²) in [5.41, 5.74) is 17.1. The Morgan fingerprint density at radius 2 is 1.72 bits per heavy atom. The zero-order valence-electron chi connectivity index (χ0n) is 9.30. The predicted molar refractivity (Wildman–Crippen MR) is 69.0 cm³/mol. The number of nitrogens with zero attached hydrogens (tertiary/aromatic N) is 3. The molecule has 0 saturated heterocycles. The zero-order chi connectivity index (χ0) is 13.1. The number of rotatable bonds is 3. The first-order valence-corrected chi connectivity index (χ1v) is 5.97. The second-order valence-corrected chi connectivity index (χ2v) is 4.46. The minimum atomic E-state index is -0.346. The van der Waals surface area contributed by atoms with E-state index in [0.29, 0.717) is 22.2 Å². The topological polar surface area (TPSA) is 117 Å². The molecule has 0 atom stereocenters. The molecule has 18 heavy (non-hydrogen) atoms. The van der Waals surface area contributed by atoms with Gasteiger partial charge in [-0.15, -0.1) is 11.8 Å².